The van der Waals surface area contributed by atoms with Crippen LogP contribution in [0.5, 0.6) is 0 Å². The first kappa shape index (κ1) is 9.00. The minimum Gasteiger partial charge on any atom is -0.461 e. The molecule has 2 aliphatic heterocycles. The lowest BCUT2D eigenvalue weighted by molar-refractivity contribution is -0.147. The summed E-state index contributed by atoms with van der Waals surface area (Å²) >= 11 is 0. The van der Waals surface area contributed by atoms with Crippen LogP contribution in [0, 0.1) is 0 Å². The summed E-state index contributed by atoms with van der Waals surface area (Å²) in [5.74, 6) is -0.133. The predicted molar refractivity (Wildman–Crippen MR) is 49.4 cm³/mol. The molecule has 0 N–H and O–H groups in total. The van der Waals surface area contributed by atoms with E-state index in [1.54, 1.807) is 0 Å². The van der Waals surface area contributed by atoms with Gasteiger partial charge in [-0.15, -0.1) is 0 Å². The summed E-state index contributed by atoms with van der Waals surface area (Å²) in [5.41, 5.74) is 0. The van der Waals surface area contributed by atoms with Crippen LogP contribution in [-0.2, 0) is 9.53 Å². The molecule has 3 nitrogen and oxygen atoms in total. The highest BCUT2D eigenvalue weighted by molar-refractivity contribution is 5.66. The van der Waals surface area contributed by atoms with Crippen LogP contribution < -0.4 is 0 Å². The van der Waals surface area contributed by atoms with Gasteiger partial charge in [0.15, 0.2) is 0 Å². The lowest BCUT2D eigenvalue weighted by Crippen LogP contribution is -2.39. The Labute approximate surface area is 79.0 Å². The van der Waals surface area contributed by atoms with Gasteiger partial charge in [0.05, 0.1) is 0 Å². The Morgan fingerprint density at radius 2 is 2.23 bits per heavy atom. The third-order valence-electron chi connectivity index (χ3n) is 3.39. The molecule has 2 saturated heterocycles. The number of nitrogens with zero attached hydrogens (tertiary/aromatic N) is 1. The molecule has 2 rings (SSSR count). The van der Waals surface area contributed by atoms with Gasteiger partial charge in [-0.25, -0.2) is 0 Å². The molecule has 13 heavy (non-hydrogen) atoms. The third kappa shape index (κ3) is 1.57. The van der Waals surface area contributed by atoms with Crippen LogP contribution in [0.3, 0.4) is 0 Å². The van der Waals surface area contributed by atoms with Gasteiger partial charge in [-0.05, 0) is 19.9 Å². The molecule has 0 saturated carbocycles. The van der Waals surface area contributed by atoms with Gasteiger partial charge in [-0.2, -0.15) is 0 Å². The Balaban J connectivity index is 2.03. The van der Waals surface area contributed by atoms with E-state index in [9.17, 15) is 4.79 Å². The number of rotatable bonds is 1. The Bertz CT molecular complexity index is 217. The van der Waals surface area contributed by atoms with Gasteiger partial charge >= 0.3 is 5.97 Å². The maximum Gasteiger partial charge on any atom is 0.302 e. The second-order valence-electron chi connectivity index (χ2n) is 4.20. The third-order valence-corrected chi connectivity index (χ3v) is 3.39. The number of fused-ring (bicyclic) bond motifs is 2. The van der Waals surface area contributed by atoms with Crippen molar-refractivity contribution >= 4 is 5.97 Å². The number of hydrogen-bond donors (Lipinski definition) is 0. The molecule has 3 heteroatoms. The van der Waals surface area contributed by atoms with Crippen molar-refractivity contribution in [2.45, 2.75) is 50.8 Å². The summed E-state index contributed by atoms with van der Waals surface area (Å²) in [6, 6.07) is 1.14. The zero-order valence-electron chi connectivity index (χ0n) is 8.32. The van der Waals surface area contributed by atoms with Crippen molar-refractivity contribution in [1.29, 1.82) is 0 Å². The van der Waals surface area contributed by atoms with Crippen LogP contribution in [-0.4, -0.2) is 36.1 Å². The fraction of sp³-hybridized carbons (Fsp3) is 0.900. The van der Waals surface area contributed by atoms with Crippen molar-refractivity contribution in [1.82, 2.24) is 4.90 Å². The standard InChI is InChI=1S/C10H17NO2/c1-7(12)13-10-6-8-4-3-5-9(10)11(8)2/h8-10H,3-6H2,1-2H3/t8-,9-,10-/m0/s1. The van der Waals surface area contributed by atoms with Crippen LogP contribution >= 0.6 is 0 Å². The van der Waals surface area contributed by atoms with E-state index in [2.05, 4.69) is 11.9 Å². The average Bonchev–Trinajstić information content (AvgIpc) is 2.28. The van der Waals surface area contributed by atoms with Crippen LogP contribution in [0.4, 0.5) is 0 Å². The first-order valence-electron chi connectivity index (χ1n) is 5.07. The summed E-state index contributed by atoms with van der Waals surface area (Å²) in [5, 5.41) is 0. The molecule has 74 valence electrons. The Morgan fingerprint density at radius 1 is 1.46 bits per heavy atom. The highest BCUT2D eigenvalue weighted by Gasteiger charge is 2.42. The zero-order chi connectivity index (χ0) is 9.42. The second kappa shape index (κ2) is 3.29. The van der Waals surface area contributed by atoms with Crippen molar-refractivity contribution in [3.05, 3.63) is 0 Å². The molecule has 0 radical (unpaired) electrons. The Morgan fingerprint density at radius 3 is 2.85 bits per heavy atom. The number of carbonyl (C=O) groups is 1. The van der Waals surface area contributed by atoms with Crippen molar-refractivity contribution in [2.75, 3.05) is 7.05 Å². The van der Waals surface area contributed by atoms with E-state index in [0.717, 1.165) is 6.42 Å². The molecule has 0 aliphatic carbocycles. The monoisotopic (exact) mass is 183 g/mol. The molecule has 2 bridgehead atoms. The number of hydrogen-bond acceptors (Lipinski definition) is 3. The molecule has 0 aromatic carbocycles. The van der Waals surface area contributed by atoms with Crippen LogP contribution in [0.25, 0.3) is 0 Å². The van der Waals surface area contributed by atoms with Crippen molar-refractivity contribution in [3.63, 3.8) is 0 Å². The number of likely N-dealkylation sites (N-methyl/N-ethyl adjacent to an activating group) is 1. The predicted octanol–water partition coefficient (Wildman–Crippen LogP) is 1.17. The second-order valence-corrected chi connectivity index (χ2v) is 4.20. The van der Waals surface area contributed by atoms with Crippen molar-refractivity contribution in [2.24, 2.45) is 0 Å². The largest absolute Gasteiger partial charge is 0.461 e. The lowest BCUT2D eigenvalue weighted by atomic mass is 10.0. The zero-order valence-corrected chi connectivity index (χ0v) is 8.32. The molecular weight excluding hydrogens is 166 g/mol. The maximum absolute atomic E-state index is 10.9. The van der Waals surface area contributed by atoms with Gasteiger partial charge in [-0.3, -0.25) is 9.69 Å². The molecule has 0 aromatic rings. The quantitative estimate of drug-likeness (QED) is 0.572. The van der Waals surface area contributed by atoms with Crippen LogP contribution in [0.1, 0.15) is 32.6 Å². The minimum absolute atomic E-state index is 0.133. The molecule has 2 heterocycles. The summed E-state index contributed by atoms with van der Waals surface area (Å²) in [6.45, 7) is 1.50. The summed E-state index contributed by atoms with van der Waals surface area (Å²) in [6.07, 6.45) is 4.95. The topological polar surface area (TPSA) is 29.5 Å². The maximum atomic E-state index is 10.9. The summed E-state index contributed by atoms with van der Waals surface area (Å²) < 4.78 is 5.31. The fourth-order valence-corrected chi connectivity index (χ4v) is 2.74. The summed E-state index contributed by atoms with van der Waals surface area (Å²) in [4.78, 5) is 13.2. The van der Waals surface area contributed by atoms with Crippen LogP contribution in [0.15, 0.2) is 0 Å². The molecule has 0 amide bonds. The number of carbonyl (C=O) groups excluding carboxylic acids is 1. The van der Waals surface area contributed by atoms with Gasteiger partial charge in [-0.1, -0.05) is 6.42 Å². The van der Waals surface area contributed by atoms with E-state index in [-0.39, 0.29) is 12.1 Å². The molecule has 3 atom stereocenters. The molecule has 0 unspecified atom stereocenters. The van der Waals surface area contributed by atoms with Gasteiger partial charge in [0.1, 0.15) is 6.10 Å². The lowest BCUT2D eigenvalue weighted by Gasteiger charge is -2.31. The minimum atomic E-state index is -0.133. The normalized spacial score (nSPS) is 39.1. The van der Waals surface area contributed by atoms with Crippen molar-refractivity contribution in [3.8, 4) is 0 Å². The van der Waals surface area contributed by atoms with E-state index < -0.39 is 0 Å². The molecule has 0 aromatic heterocycles. The van der Waals surface area contributed by atoms with Crippen LogP contribution in [0.2, 0.25) is 0 Å². The van der Waals surface area contributed by atoms with E-state index >= 15 is 0 Å². The Hall–Kier alpha value is -0.570. The van der Waals surface area contributed by atoms with Gasteiger partial charge < -0.3 is 4.74 Å². The average molecular weight is 183 g/mol. The molecule has 0 spiro atoms. The molecule has 2 fully saturated rings. The molecular formula is C10H17NO2. The van der Waals surface area contributed by atoms with Gasteiger partial charge in [0.25, 0.3) is 0 Å². The first-order chi connectivity index (χ1) is 6.18. The number of esters is 1. The number of piperidine rings is 1. The first-order valence-corrected chi connectivity index (χ1v) is 5.07. The SMILES string of the molecule is CC(=O)O[C@H]1C[C@@H]2CCC[C@@H]1N2C. The van der Waals surface area contributed by atoms with Gasteiger partial charge in [0, 0.05) is 25.4 Å². The Kier molecular flexibility index (Phi) is 2.28. The van der Waals surface area contributed by atoms with Gasteiger partial charge in [0.2, 0.25) is 0 Å². The smallest absolute Gasteiger partial charge is 0.302 e. The molecule has 2 aliphatic rings. The fourth-order valence-electron chi connectivity index (χ4n) is 2.74. The van der Waals surface area contributed by atoms with E-state index in [1.165, 1.54) is 26.2 Å². The van der Waals surface area contributed by atoms with Crippen molar-refractivity contribution < 1.29 is 9.53 Å². The van der Waals surface area contributed by atoms with E-state index in [4.69, 9.17) is 4.74 Å². The van der Waals surface area contributed by atoms with E-state index in [0.29, 0.717) is 12.1 Å². The summed E-state index contributed by atoms with van der Waals surface area (Å²) in [7, 11) is 2.15. The highest BCUT2D eigenvalue weighted by Crippen LogP contribution is 2.35. The number of ether oxygens (including phenoxy) is 1. The highest BCUT2D eigenvalue weighted by atomic mass is 16.5. The van der Waals surface area contributed by atoms with E-state index in [1.807, 2.05) is 0 Å².